The van der Waals surface area contributed by atoms with Crippen LogP contribution in [0.5, 0.6) is 0 Å². The molecule has 0 radical (unpaired) electrons. The van der Waals surface area contributed by atoms with Crippen molar-refractivity contribution in [2.75, 3.05) is 13.1 Å². The fourth-order valence-electron chi connectivity index (χ4n) is 1.37. The minimum atomic E-state index is -0.397. The van der Waals surface area contributed by atoms with E-state index in [9.17, 15) is 4.79 Å². The van der Waals surface area contributed by atoms with Crippen LogP contribution in [0, 0.1) is 5.41 Å². The van der Waals surface area contributed by atoms with Crippen LogP contribution in [0.4, 0.5) is 4.79 Å². The summed E-state index contributed by atoms with van der Waals surface area (Å²) < 4.78 is 0. The molecule has 1 heterocycles. The van der Waals surface area contributed by atoms with Gasteiger partial charge in [0.1, 0.15) is 0 Å². The lowest BCUT2D eigenvalue weighted by atomic mass is 10.2. The molecular formula is C12H17N5O. The molecule has 0 aliphatic rings. The largest absolute Gasteiger partial charge is 0.370 e. The molecule has 96 valence electrons. The van der Waals surface area contributed by atoms with Crippen molar-refractivity contribution in [1.29, 1.82) is 5.41 Å². The van der Waals surface area contributed by atoms with Crippen molar-refractivity contribution < 1.29 is 4.79 Å². The molecule has 0 unspecified atom stereocenters. The summed E-state index contributed by atoms with van der Waals surface area (Å²) >= 11 is 0. The first kappa shape index (κ1) is 13.7. The maximum Gasteiger partial charge on any atom is 0.324 e. The first-order valence-electron chi connectivity index (χ1n) is 5.54. The van der Waals surface area contributed by atoms with E-state index in [4.69, 9.17) is 11.1 Å². The van der Waals surface area contributed by atoms with E-state index in [0.29, 0.717) is 19.5 Å². The molecule has 0 bridgehead atoms. The van der Waals surface area contributed by atoms with Gasteiger partial charge in [-0.25, -0.2) is 4.79 Å². The third kappa shape index (κ3) is 4.25. The molecule has 0 atom stereocenters. The zero-order chi connectivity index (χ0) is 13.4. The smallest absolute Gasteiger partial charge is 0.324 e. The molecule has 0 aliphatic carbocycles. The van der Waals surface area contributed by atoms with Gasteiger partial charge in [0.05, 0.1) is 0 Å². The molecule has 6 nitrogen and oxygen atoms in total. The summed E-state index contributed by atoms with van der Waals surface area (Å²) in [6.45, 7) is 4.18. The van der Waals surface area contributed by atoms with Gasteiger partial charge in [-0.15, -0.1) is 6.58 Å². The molecule has 1 aromatic heterocycles. The molecule has 0 spiro atoms. The Morgan fingerprint density at radius 2 is 2.44 bits per heavy atom. The maximum absolute atomic E-state index is 11.7. The van der Waals surface area contributed by atoms with Gasteiger partial charge in [0.25, 0.3) is 0 Å². The number of hydrogen-bond donors (Lipinski definition) is 3. The van der Waals surface area contributed by atoms with E-state index < -0.39 is 6.03 Å². The first-order valence-corrected chi connectivity index (χ1v) is 5.54. The second-order valence-corrected chi connectivity index (χ2v) is 3.62. The van der Waals surface area contributed by atoms with Gasteiger partial charge < -0.3 is 11.1 Å². The third-order valence-corrected chi connectivity index (χ3v) is 2.28. The average molecular weight is 247 g/mol. The van der Waals surface area contributed by atoms with E-state index in [1.807, 2.05) is 12.1 Å². The fourth-order valence-corrected chi connectivity index (χ4v) is 1.37. The normalized spacial score (nSPS) is 9.56. The van der Waals surface area contributed by atoms with Crippen LogP contribution in [-0.4, -0.2) is 35.0 Å². The molecular weight excluding hydrogens is 230 g/mol. The average Bonchev–Trinajstić information content (AvgIpc) is 2.37. The molecule has 18 heavy (non-hydrogen) atoms. The fraction of sp³-hybridized carbons (Fsp3) is 0.250. The van der Waals surface area contributed by atoms with Crippen LogP contribution in [0.25, 0.3) is 0 Å². The van der Waals surface area contributed by atoms with Crippen LogP contribution in [0.15, 0.2) is 37.2 Å². The standard InChI is InChI=1S/C12H17N5O/c1-2-6-16-12(18)17(11(13)14)8-5-10-4-3-7-15-9-10/h2-4,7,9H,1,5-6,8H2,(H3,13,14)(H,16,18). The van der Waals surface area contributed by atoms with E-state index in [-0.39, 0.29) is 5.96 Å². The number of carbonyl (C=O) groups excluding carboxylic acids is 1. The highest BCUT2D eigenvalue weighted by Crippen LogP contribution is 1.99. The van der Waals surface area contributed by atoms with Crippen LogP contribution in [0.1, 0.15) is 5.56 Å². The molecule has 0 saturated heterocycles. The predicted molar refractivity (Wildman–Crippen MR) is 70.2 cm³/mol. The van der Waals surface area contributed by atoms with Gasteiger partial charge >= 0.3 is 6.03 Å². The number of aromatic nitrogens is 1. The summed E-state index contributed by atoms with van der Waals surface area (Å²) in [7, 11) is 0. The van der Waals surface area contributed by atoms with Gasteiger partial charge in [-0.2, -0.15) is 0 Å². The summed E-state index contributed by atoms with van der Waals surface area (Å²) in [5.41, 5.74) is 6.37. The number of carbonyl (C=O) groups is 1. The predicted octanol–water partition coefficient (Wildman–Crippen LogP) is 0.715. The Kier molecular flexibility index (Phi) is 5.37. The first-order chi connectivity index (χ1) is 8.65. The lowest BCUT2D eigenvalue weighted by Gasteiger charge is -2.20. The Morgan fingerprint density at radius 1 is 1.67 bits per heavy atom. The number of hydrogen-bond acceptors (Lipinski definition) is 3. The van der Waals surface area contributed by atoms with Crippen LogP contribution in [0.3, 0.4) is 0 Å². The Bertz CT molecular complexity index is 418. The second kappa shape index (κ2) is 7.05. The van der Waals surface area contributed by atoms with Crippen LogP contribution < -0.4 is 11.1 Å². The number of nitrogens with one attached hydrogen (secondary N) is 2. The summed E-state index contributed by atoms with van der Waals surface area (Å²) in [4.78, 5) is 16.9. The molecule has 4 N–H and O–H groups in total. The van der Waals surface area contributed by atoms with E-state index in [0.717, 1.165) is 5.56 Å². The molecule has 1 aromatic rings. The van der Waals surface area contributed by atoms with Crippen LogP contribution in [-0.2, 0) is 6.42 Å². The quantitative estimate of drug-likeness (QED) is 0.406. The van der Waals surface area contributed by atoms with Gasteiger partial charge in [0, 0.05) is 25.5 Å². The van der Waals surface area contributed by atoms with Gasteiger partial charge in [-0.05, 0) is 18.1 Å². The van der Waals surface area contributed by atoms with Crippen LogP contribution in [0.2, 0.25) is 0 Å². The summed E-state index contributed by atoms with van der Waals surface area (Å²) in [6.07, 6.45) is 5.56. The van der Waals surface area contributed by atoms with Crippen molar-refractivity contribution in [3.05, 3.63) is 42.7 Å². The summed E-state index contributed by atoms with van der Waals surface area (Å²) in [5, 5.41) is 9.97. The molecule has 0 saturated carbocycles. The van der Waals surface area contributed by atoms with Crippen molar-refractivity contribution in [3.8, 4) is 0 Å². The van der Waals surface area contributed by atoms with Gasteiger partial charge in [-0.3, -0.25) is 15.3 Å². The molecule has 0 aromatic carbocycles. The Hall–Kier alpha value is -2.37. The molecule has 0 fully saturated rings. The highest BCUT2D eigenvalue weighted by Gasteiger charge is 2.15. The van der Waals surface area contributed by atoms with E-state index in [1.165, 1.54) is 4.90 Å². The number of guanidine groups is 1. The third-order valence-electron chi connectivity index (χ3n) is 2.28. The summed E-state index contributed by atoms with van der Waals surface area (Å²) in [6, 6.07) is 3.34. The number of amides is 2. The molecule has 2 amide bonds. The van der Waals surface area contributed by atoms with Crippen molar-refractivity contribution in [3.63, 3.8) is 0 Å². The lowest BCUT2D eigenvalue weighted by molar-refractivity contribution is 0.221. The number of nitrogens with zero attached hydrogens (tertiary/aromatic N) is 2. The van der Waals surface area contributed by atoms with Crippen molar-refractivity contribution >= 4 is 12.0 Å². The van der Waals surface area contributed by atoms with E-state index in [1.54, 1.807) is 18.5 Å². The molecule has 0 aliphatic heterocycles. The van der Waals surface area contributed by atoms with Gasteiger partial charge in [0.2, 0.25) is 0 Å². The van der Waals surface area contributed by atoms with Gasteiger partial charge in [-0.1, -0.05) is 12.1 Å². The number of pyridine rings is 1. The monoisotopic (exact) mass is 247 g/mol. The number of urea groups is 1. The number of rotatable bonds is 5. The lowest BCUT2D eigenvalue weighted by Crippen LogP contribution is -2.47. The van der Waals surface area contributed by atoms with Gasteiger partial charge in [0.15, 0.2) is 5.96 Å². The summed E-state index contributed by atoms with van der Waals surface area (Å²) in [5.74, 6) is -0.277. The Labute approximate surface area is 106 Å². The Balaban J connectivity index is 2.55. The van der Waals surface area contributed by atoms with E-state index >= 15 is 0 Å². The minimum Gasteiger partial charge on any atom is -0.370 e. The highest BCUT2D eigenvalue weighted by atomic mass is 16.2. The van der Waals surface area contributed by atoms with Crippen LogP contribution >= 0.6 is 0 Å². The van der Waals surface area contributed by atoms with E-state index in [2.05, 4.69) is 16.9 Å². The Morgan fingerprint density at radius 3 is 3.00 bits per heavy atom. The van der Waals surface area contributed by atoms with Crippen molar-refractivity contribution in [2.45, 2.75) is 6.42 Å². The molecule has 1 rings (SSSR count). The number of nitrogens with two attached hydrogens (primary N) is 1. The SMILES string of the molecule is C=CCNC(=O)N(CCc1cccnc1)C(=N)N. The highest BCUT2D eigenvalue weighted by molar-refractivity contribution is 5.93. The topological polar surface area (TPSA) is 95.1 Å². The van der Waals surface area contributed by atoms with Crippen molar-refractivity contribution in [2.24, 2.45) is 5.73 Å². The zero-order valence-corrected chi connectivity index (χ0v) is 10.1. The zero-order valence-electron chi connectivity index (χ0n) is 10.1. The second-order valence-electron chi connectivity index (χ2n) is 3.62. The molecule has 6 heteroatoms. The van der Waals surface area contributed by atoms with Crippen molar-refractivity contribution in [1.82, 2.24) is 15.2 Å². The maximum atomic E-state index is 11.7. The minimum absolute atomic E-state index is 0.277.